The summed E-state index contributed by atoms with van der Waals surface area (Å²) in [5.41, 5.74) is -1.59. The molecule has 0 aromatic heterocycles. The van der Waals surface area contributed by atoms with Crippen molar-refractivity contribution in [1.29, 1.82) is 0 Å². The fraction of sp³-hybridized carbons (Fsp3) is 0.550. The second kappa shape index (κ2) is 6.84. The fourth-order valence-corrected chi connectivity index (χ4v) is 5.62. The van der Waals surface area contributed by atoms with Crippen LogP contribution >= 0.6 is 0 Å². The number of para-hydroxylation sites is 1. The first-order valence-corrected chi connectivity index (χ1v) is 9.52. The van der Waals surface area contributed by atoms with Crippen molar-refractivity contribution in [2.45, 2.75) is 44.1 Å². The van der Waals surface area contributed by atoms with E-state index in [2.05, 4.69) is 5.32 Å². The second-order valence-corrected chi connectivity index (χ2v) is 8.52. The summed E-state index contributed by atoms with van der Waals surface area (Å²) in [6, 6.07) is 4.65. The summed E-state index contributed by atoms with van der Waals surface area (Å²) in [4.78, 5) is 36.4. The molecule has 1 aromatic rings. The van der Waals surface area contributed by atoms with Crippen molar-refractivity contribution in [3.05, 3.63) is 30.1 Å². The molecule has 0 radical (unpaired) electrons. The van der Waals surface area contributed by atoms with E-state index >= 15 is 0 Å². The van der Waals surface area contributed by atoms with Crippen molar-refractivity contribution >= 4 is 23.6 Å². The van der Waals surface area contributed by atoms with Gasteiger partial charge in [-0.2, -0.15) is 0 Å². The van der Waals surface area contributed by atoms with E-state index in [1.807, 2.05) is 5.32 Å². The van der Waals surface area contributed by atoms with Gasteiger partial charge in [0.15, 0.2) is 6.61 Å². The lowest BCUT2D eigenvalue weighted by molar-refractivity contribution is -0.196. The number of aliphatic hydroxyl groups is 1. The van der Waals surface area contributed by atoms with Gasteiger partial charge in [0.1, 0.15) is 5.82 Å². The number of hydrogen-bond donors (Lipinski definition) is 3. The number of carbonyl (C=O) groups is 3. The van der Waals surface area contributed by atoms with Gasteiger partial charge in [0.05, 0.1) is 16.7 Å². The quantitative estimate of drug-likeness (QED) is 0.685. The van der Waals surface area contributed by atoms with Gasteiger partial charge >= 0.3 is 12.0 Å². The van der Waals surface area contributed by atoms with Crippen LogP contribution in [0.25, 0.3) is 0 Å². The molecule has 5 rings (SSSR count). The van der Waals surface area contributed by atoms with Gasteiger partial charge in [-0.3, -0.25) is 14.9 Å². The molecule has 4 bridgehead atoms. The van der Waals surface area contributed by atoms with Crippen molar-refractivity contribution in [2.75, 3.05) is 11.9 Å². The zero-order chi connectivity index (χ0) is 19.9. The highest BCUT2D eigenvalue weighted by molar-refractivity contribution is 6.02. The number of esters is 1. The predicted molar refractivity (Wildman–Crippen MR) is 96.6 cm³/mol. The van der Waals surface area contributed by atoms with E-state index in [9.17, 15) is 23.9 Å². The number of hydrogen-bond acceptors (Lipinski definition) is 5. The fourth-order valence-electron chi connectivity index (χ4n) is 5.62. The van der Waals surface area contributed by atoms with E-state index in [-0.39, 0.29) is 5.69 Å². The molecule has 0 aliphatic heterocycles. The summed E-state index contributed by atoms with van der Waals surface area (Å²) in [7, 11) is 0. The Morgan fingerprint density at radius 2 is 1.82 bits per heavy atom. The van der Waals surface area contributed by atoms with Crippen molar-refractivity contribution in [2.24, 2.45) is 17.3 Å². The largest absolute Gasteiger partial charge is 0.455 e. The standard InChI is InChI=1S/C20H23FN2O5/c21-14-3-1-2-4-15(14)22-18(26)23-16(24)10-28-17(25)19-6-12-5-13(7-19)9-20(27,8-12)11-19/h1-4,12-13,27H,5-11H2,(H2,22,23,24,26). The van der Waals surface area contributed by atoms with E-state index in [1.54, 1.807) is 6.07 Å². The maximum Gasteiger partial charge on any atom is 0.326 e. The number of imide groups is 1. The van der Waals surface area contributed by atoms with Crippen LogP contribution in [0.5, 0.6) is 0 Å². The van der Waals surface area contributed by atoms with Gasteiger partial charge in [-0.05, 0) is 62.5 Å². The summed E-state index contributed by atoms with van der Waals surface area (Å²) in [5.74, 6) is -1.27. The first-order chi connectivity index (χ1) is 13.3. The molecule has 4 fully saturated rings. The molecule has 150 valence electrons. The van der Waals surface area contributed by atoms with Gasteiger partial charge < -0.3 is 15.2 Å². The van der Waals surface area contributed by atoms with Gasteiger partial charge in [-0.15, -0.1) is 0 Å². The van der Waals surface area contributed by atoms with Gasteiger partial charge in [-0.1, -0.05) is 12.1 Å². The smallest absolute Gasteiger partial charge is 0.326 e. The van der Waals surface area contributed by atoms with Crippen LogP contribution in [-0.4, -0.2) is 35.2 Å². The Labute approximate surface area is 161 Å². The first-order valence-electron chi connectivity index (χ1n) is 9.52. The maximum atomic E-state index is 13.5. The van der Waals surface area contributed by atoms with Gasteiger partial charge in [0.2, 0.25) is 0 Å². The minimum Gasteiger partial charge on any atom is -0.455 e. The van der Waals surface area contributed by atoms with Crippen LogP contribution in [0.3, 0.4) is 0 Å². The van der Waals surface area contributed by atoms with Crippen molar-refractivity contribution in [1.82, 2.24) is 5.32 Å². The topological polar surface area (TPSA) is 105 Å². The second-order valence-electron chi connectivity index (χ2n) is 8.52. The Balaban J connectivity index is 1.30. The molecule has 1 aromatic carbocycles. The van der Waals surface area contributed by atoms with Crippen LogP contribution in [0.2, 0.25) is 0 Å². The predicted octanol–water partition coefficient (Wildman–Crippen LogP) is 2.35. The van der Waals surface area contributed by atoms with E-state index in [0.29, 0.717) is 31.1 Å². The van der Waals surface area contributed by atoms with Crippen LogP contribution < -0.4 is 10.6 Å². The molecule has 7 nitrogen and oxygen atoms in total. The third kappa shape index (κ3) is 3.61. The number of anilines is 1. The van der Waals surface area contributed by atoms with Crippen molar-refractivity contribution in [3.63, 3.8) is 0 Å². The Hall–Kier alpha value is -2.48. The number of carbonyl (C=O) groups excluding carboxylic acids is 3. The van der Waals surface area contributed by atoms with Gasteiger partial charge in [0, 0.05) is 0 Å². The summed E-state index contributed by atoms with van der Waals surface area (Å²) >= 11 is 0. The number of amides is 3. The molecule has 2 atom stereocenters. The first kappa shape index (κ1) is 18.9. The average Bonchev–Trinajstić information content (AvgIpc) is 2.59. The minimum absolute atomic E-state index is 0.0633. The monoisotopic (exact) mass is 390 g/mol. The van der Waals surface area contributed by atoms with Crippen LogP contribution in [0.4, 0.5) is 14.9 Å². The Kier molecular flexibility index (Phi) is 4.61. The third-order valence-corrected chi connectivity index (χ3v) is 6.17. The average molecular weight is 390 g/mol. The highest BCUT2D eigenvalue weighted by Crippen LogP contribution is 2.61. The molecule has 0 heterocycles. The zero-order valence-corrected chi connectivity index (χ0v) is 15.4. The third-order valence-electron chi connectivity index (χ3n) is 6.17. The Bertz CT molecular complexity index is 813. The summed E-state index contributed by atoms with van der Waals surface area (Å²) in [5, 5.41) is 14.9. The molecule has 4 saturated carbocycles. The Morgan fingerprint density at radius 1 is 1.14 bits per heavy atom. The lowest BCUT2D eigenvalue weighted by Gasteiger charge is -2.58. The van der Waals surface area contributed by atoms with Crippen LogP contribution in [0.15, 0.2) is 24.3 Å². The normalized spacial score (nSPS) is 32.6. The van der Waals surface area contributed by atoms with E-state index in [4.69, 9.17) is 4.74 Å². The van der Waals surface area contributed by atoms with Crippen molar-refractivity contribution in [3.8, 4) is 0 Å². The molecule has 8 heteroatoms. The molecule has 2 unspecified atom stereocenters. The summed E-state index contributed by atoms with van der Waals surface area (Å²) < 4.78 is 18.7. The van der Waals surface area contributed by atoms with Crippen LogP contribution in [-0.2, 0) is 14.3 Å². The SMILES string of the molecule is O=C(COC(=O)C12CC3CC(CC(O)(C3)C1)C2)NC(=O)Nc1ccccc1F. The van der Waals surface area contributed by atoms with Crippen LogP contribution in [0, 0.1) is 23.1 Å². The number of nitrogens with one attached hydrogen (secondary N) is 2. The van der Waals surface area contributed by atoms with E-state index < -0.39 is 41.3 Å². The van der Waals surface area contributed by atoms with E-state index in [1.165, 1.54) is 18.2 Å². The highest BCUT2D eigenvalue weighted by Gasteiger charge is 2.60. The molecule has 4 aliphatic carbocycles. The number of urea groups is 1. The summed E-state index contributed by atoms with van der Waals surface area (Å²) in [6.07, 6.45) is 4.24. The van der Waals surface area contributed by atoms with Gasteiger partial charge in [-0.25, -0.2) is 9.18 Å². The molecule has 4 aliphatic rings. The van der Waals surface area contributed by atoms with Crippen LogP contribution in [0.1, 0.15) is 38.5 Å². The maximum absolute atomic E-state index is 13.5. The number of benzene rings is 1. The van der Waals surface area contributed by atoms with E-state index in [0.717, 1.165) is 19.3 Å². The number of halogens is 1. The molecular formula is C20H23FN2O5. The highest BCUT2D eigenvalue weighted by atomic mass is 19.1. The lowest BCUT2D eigenvalue weighted by Crippen LogP contribution is -2.58. The van der Waals surface area contributed by atoms with Crippen molar-refractivity contribution < 1.29 is 28.6 Å². The molecule has 28 heavy (non-hydrogen) atoms. The molecule has 0 spiro atoms. The Morgan fingerprint density at radius 3 is 2.46 bits per heavy atom. The minimum atomic E-state index is -0.907. The number of rotatable bonds is 4. The summed E-state index contributed by atoms with van der Waals surface area (Å²) in [6.45, 7) is -0.598. The van der Waals surface area contributed by atoms with Gasteiger partial charge in [0.25, 0.3) is 5.91 Å². The molecule has 3 amide bonds. The number of ether oxygens (including phenoxy) is 1. The zero-order valence-electron chi connectivity index (χ0n) is 15.4. The lowest BCUT2D eigenvalue weighted by atomic mass is 9.48. The molecular weight excluding hydrogens is 367 g/mol. The molecule has 3 N–H and O–H groups in total. The molecule has 0 saturated heterocycles.